The second kappa shape index (κ2) is 4.37. The van der Waals surface area contributed by atoms with Gasteiger partial charge in [-0.1, -0.05) is 33.1 Å². The number of halogens is 3. The van der Waals surface area contributed by atoms with Crippen LogP contribution in [0.5, 0.6) is 0 Å². The molecule has 0 aromatic rings. The van der Waals surface area contributed by atoms with Gasteiger partial charge >= 0.3 is 0 Å². The third-order valence-corrected chi connectivity index (χ3v) is 4.60. The minimum Gasteiger partial charge on any atom is -0.118 e. The SMILES string of the molecule is CC1=C(C=CCl)CC(Br)C(C)(Cl)C1. The van der Waals surface area contributed by atoms with Crippen molar-refractivity contribution in [3.63, 3.8) is 0 Å². The van der Waals surface area contributed by atoms with Crippen LogP contribution < -0.4 is 0 Å². The first-order valence-electron chi connectivity index (χ1n) is 4.26. The summed E-state index contributed by atoms with van der Waals surface area (Å²) in [6.45, 7) is 4.18. The first-order valence-corrected chi connectivity index (χ1v) is 5.99. The Morgan fingerprint density at radius 1 is 1.62 bits per heavy atom. The number of alkyl halides is 2. The fourth-order valence-corrected chi connectivity index (χ4v) is 2.55. The molecule has 0 amide bonds. The largest absolute Gasteiger partial charge is 0.118 e. The van der Waals surface area contributed by atoms with E-state index in [9.17, 15) is 0 Å². The number of allylic oxidation sites excluding steroid dienone is 3. The van der Waals surface area contributed by atoms with Gasteiger partial charge < -0.3 is 0 Å². The highest BCUT2D eigenvalue weighted by atomic mass is 79.9. The molecule has 1 aliphatic carbocycles. The molecular formula is C10H13BrCl2. The second-order valence-electron chi connectivity index (χ2n) is 3.72. The maximum absolute atomic E-state index is 6.34. The summed E-state index contributed by atoms with van der Waals surface area (Å²) in [4.78, 5) is 0.168. The Kier molecular flexibility index (Phi) is 3.91. The zero-order valence-electron chi connectivity index (χ0n) is 7.78. The fraction of sp³-hybridized carbons (Fsp3) is 0.600. The maximum atomic E-state index is 6.34. The lowest BCUT2D eigenvalue weighted by Gasteiger charge is -2.34. The Labute approximate surface area is 98.1 Å². The van der Waals surface area contributed by atoms with Crippen molar-refractivity contribution >= 4 is 39.1 Å². The van der Waals surface area contributed by atoms with Crippen molar-refractivity contribution in [2.24, 2.45) is 0 Å². The lowest BCUT2D eigenvalue weighted by Crippen LogP contribution is -2.33. The van der Waals surface area contributed by atoms with E-state index in [2.05, 4.69) is 29.8 Å². The minimum atomic E-state index is -0.159. The molecule has 1 aliphatic rings. The van der Waals surface area contributed by atoms with Crippen LogP contribution in [0.3, 0.4) is 0 Å². The van der Waals surface area contributed by atoms with Gasteiger partial charge in [0.1, 0.15) is 0 Å². The summed E-state index contributed by atoms with van der Waals surface area (Å²) in [7, 11) is 0. The van der Waals surface area contributed by atoms with Crippen molar-refractivity contribution in [3.05, 3.63) is 22.8 Å². The van der Waals surface area contributed by atoms with E-state index in [0.29, 0.717) is 4.83 Å². The van der Waals surface area contributed by atoms with E-state index < -0.39 is 0 Å². The monoisotopic (exact) mass is 282 g/mol. The van der Waals surface area contributed by atoms with E-state index in [1.54, 1.807) is 5.54 Å². The summed E-state index contributed by atoms with van der Waals surface area (Å²) in [6, 6.07) is 0. The Balaban J connectivity index is 2.90. The summed E-state index contributed by atoms with van der Waals surface area (Å²) in [5.74, 6) is 0. The quantitative estimate of drug-likeness (QED) is 0.617. The van der Waals surface area contributed by atoms with E-state index in [1.165, 1.54) is 11.1 Å². The highest BCUT2D eigenvalue weighted by molar-refractivity contribution is 9.09. The van der Waals surface area contributed by atoms with Gasteiger partial charge in [0.2, 0.25) is 0 Å². The summed E-state index contributed by atoms with van der Waals surface area (Å²) >= 11 is 15.5. The van der Waals surface area contributed by atoms with E-state index in [-0.39, 0.29) is 4.87 Å². The molecule has 0 spiro atoms. The van der Waals surface area contributed by atoms with Gasteiger partial charge in [-0.2, -0.15) is 0 Å². The molecule has 0 aromatic heterocycles. The highest BCUT2D eigenvalue weighted by Crippen LogP contribution is 2.41. The molecule has 0 aromatic carbocycles. The molecule has 0 bridgehead atoms. The zero-order chi connectivity index (χ0) is 10.1. The standard InChI is InChI=1S/C10H13BrCl2/c1-7-6-10(2,13)9(11)5-8(7)3-4-12/h3-4,9H,5-6H2,1-2H3. The van der Waals surface area contributed by atoms with E-state index >= 15 is 0 Å². The number of rotatable bonds is 1. The van der Waals surface area contributed by atoms with Gasteiger partial charge in [-0.15, -0.1) is 11.6 Å². The Bertz CT molecular complexity index is 254. The Morgan fingerprint density at radius 3 is 2.77 bits per heavy atom. The first-order chi connectivity index (χ1) is 5.97. The lowest BCUT2D eigenvalue weighted by atomic mass is 9.85. The third kappa shape index (κ3) is 2.74. The molecule has 2 unspecified atom stereocenters. The molecule has 0 nitrogen and oxygen atoms in total. The zero-order valence-corrected chi connectivity index (χ0v) is 10.9. The molecule has 74 valence electrons. The molecule has 2 atom stereocenters. The van der Waals surface area contributed by atoms with Crippen molar-refractivity contribution in [2.75, 3.05) is 0 Å². The predicted molar refractivity (Wildman–Crippen MR) is 63.9 cm³/mol. The number of hydrogen-bond acceptors (Lipinski definition) is 0. The summed E-state index contributed by atoms with van der Waals surface area (Å²) < 4.78 is 0. The second-order valence-corrected chi connectivity index (χ2v) is 5.95. The molecule has 1 rings (SSSR count). The lowest BCUT2D eigenvalue weighted by molar-refractivity contribution is 0.560. The van der Waals surface area contributed by atoms with Gasteiger partial charge in [-0.25, -0.2) is 0 Å². The van der Waals surface area contributed by atoms with Crippen LogP contribution >= 0.6 is 39.1 Å². The van der Waals surface area contributed by atoms with Crippen molar-refractivity contribution in [3.8, 4) is 0 Å². The van der Waals surface area contributed by atoms with Gasteiger partial charge in [0.15, 0.2) is 0 Å². The molecule has 0 heterocycles. The maximum Gasteiger partial charge on any atom is 0.0583 e. The van der Waals surface area contributed by atoms with Crippen molar-refractivity contribution in [1.29, 1.82) is 0 Å². The molecular weight excluding hydrogens is 271 g/mol. The van der Waals surface area contributed by atoms with Crippen LogP contribution in [0.15, 0.2) is 22.8 Å². The van der Waals surface area contributed by atoms with Crippen LogP contribution in [0.1, 0.15) is 26.7 Å². The van der Waals surface area contributed by atoms with E-state index in [1.807, 2.05) is 6.08 Å². The van der Waals surface area contributed by atoms with Gasteiger partial charge in [0.05, 0.1) is 4.87 Å². The predicted octanol–water partition coefficient (Wildman–Crippen LogP) is 4.61. The van der Waals surface area contributed by atoms with Gasteiger partial charge in [-0.05, 0) is 38.3 Å². The normalized spacial score (nSPS) is 35.9. The highest BCUT2D eigenvalue weighted by Gasteiger charge is 2.34. The van der Waals surface area contributed by atoms with Crippen LogP contribution in [-0.2, 0) is 0 Å². The van der Waals surface area contributed by atoms with Gasteiger partial charge in [0.25, 0.3) is 0 Å². The molecule has 0 radical (unpaired) electrons. The summed E-state index contributed by atoms with van der Waals surface area (Å²) in [6.07, 6.45) is 3.83. The van der Waals surface area contributed by atoms with Crippen molar-refractivity contribution in [2.45, 2.75) is 36.4 Å². The topological polar surface area (TPSA) is 0 Å². The Hall–Kier alpha value is 0.540. The summed E-state index contributed by atoms with van der Waals surface area (Å²) in [5, 5.41) is 0. The third-order valence-electron chi connectivity index (χ3n) is 2.48. The van der Waals surface area contributed by atoms with E-state index in [0.717, 1.165) is 12.8 Å². The smallest absolute Gasteiger partial charge is 0.0583 e. The molecule has 3 heteroatoms. The number of hydrogen-bond donors (Lipinski definition) is 0. The molecule has 0 saturated carbocycles. The fourth-order valence-electron chi connectivity index (χ4n) is 1.61. The average molecular weight is 284 g/mol. The van der Waals surface area contributed by atoms with Crippen LogP contribution in [0.4, 0.5) is 0 Å². The van der Waals surface area contributed by atoms with Crippen LogP contribution in [0.2, 0.25) is 0 Å². The Morgan fingerprint density at radius 2 is 2.23 bits per heavy atom. The van der Waals surface area contributed by atoms with Gasteiger partial charge in [0, 0.05) is 10.4 Å². The first kappa shape index (κ1) is 11.6. The molecule has 0 N–H and O–H groups in total. The van der Waals surface area contributed by atoms with E-state index in [4.69, 9.17) is 23.2 Å². The average Bonchev–Trinajstić information content (AvgIpc) is 2.00. The molecule has 0 saturated heterocycles. The molecule has 0 aliphatic heterocycles. The molecule has 0 fully saturated rings. The summed E-state index contributed by atoms with van der Waals surface area (Å²) in [5.41, 5.74) is 4.20. The van der Waals surface area contributed by atoms with Crippen LogP contribution in [0.25, 0.3) is 0 Å². The van der Waals surface area contributed by atoms with Crippen LogP contribution in [0, 0.1) is 0 Å². The molecule has 13 heavy (non-hydrogen) atoms. The van der Waals surface area contributed by atoms with Gasteiger partial charge in [-0.3, -0.25) is 0 Å². The van der Waals surface area contributed by atoms with Crippen molar-refractivity contribution < 1.29 is 0 Å². The van der Waals surface area contributed by atoms with Crippen LogP contribution in [-0.4, -0.2) is 9.70 Å². The minimum absolute atomic E-state index is 0.159. The van der Waals surface area contributed by atoms with Crippen molar-refractivity contribution in [1.82, 2.24) is 0 Å².